The van der Waals surface area contributed by atoms with Gasteiger partial charge in [0.25, 0.3) is 0 Å². The third kappa shape index (κ3) is 8.35. The first kappa shape index (κ1) is 23.4. The van der Waals surface area contributed by atoms with E-state index in [-0.39, 0.29) is 12.4 Å². The van der Waals surface area contributed by atoms with Crippen LogP contribution in [0.4, 0.5) is 0 Å². The average molecular weight is 366 g/mol. The van der Waals surface area contributed by atoms with Crippen LogP contribution >= 0.6 is 0 Å². The van der Waals surface area contributed by atoms with Gasteiger partial charge in [-0.05, 0) is 33.1 Å². The van der Waals surface area contributed by atoms with Gasteiger partial charge < -0.3 is 5.11 Å². The zero-order valence-corrected chi connectivity index (χ0v) is 17.8. The summed E-state index contributed by atoms with van der Waals surface area (Å²) >= 11 is 0. The van der Waals surface area contributed by atoms with Crippen molar-refractivity contribution >= 4 is 6.21 Å². The van der Waals surface area contributed by atoms with E-state index in [1.807, 2.05) is 13.1 Å². The summed E-state index contributed by atoms with van der Waals surface area (Å²) in [4.78, 5) is 4.66. The predicted octanol–water partition coefficient (Wildman–Crippen LogP) is 6.22. The maximum atomic E-state index is 10.2. The second-order valence-corrected chi connectivity index (χ2v) is 8.08. The molecule has 3 unspecified atom stereocenters. The third-order valence-corrected chi connectivity index (χ3v) is 6.19. The molecule has 3 nitrogen and oxygen atoms in total. The van der Waals surface area contributed by atoms with E-state index in [1.165, 1.54) is 77.0 Å². The fraction of sp³-hybridized carbons (Fsp3) is 0.870. The van der Waals surface area contributed by atoms with Crippen molar-refractivity contribution in [1.29, 1.82) is 0 Å². The Hall–Kier alpha value is -0.670. The molecule has 0 aliphatic carbocycles. The summed E-state index contributed by atoms with van der Waals surface area (Å²) in [6, 6.07) is 0. The maximum absolute atomic E-state index is 10.2. The van der Waals surface area contributed by atoms with Gasteiger partial charge in [0.15, 0.2) is 12.4 Å². The summed E-state index contributed by atoms with van der Waals surface area (Å²) in [5.41, 5.74) is 0. The molecule has 1 N–H and O–H groups in total. The first-order valence-corrected chi connectivity index (χ1v) is 11.3. The number of nitrogens with zero attached hydrogens (tertiary/aromatic N) is 2. The van der Waals surface area contributed by atoms with E-state index in [4.69, 9.17) is 0 Å². The van der Waals surface area contributed by atoms with Crippen LogP contribution in [0.5, 0.6) is 0 Å². The number of aliphatic hydroxyl groups is 1. The van der Waals surface area contributed by atoms with Gasteiger partial charge in [0.05, 0.1) is 12.8 Å². The van der Waals surface area contributed by atoms with Gasteiger partial charge in [-0.1, -0.05) is 69.9 Å². The molecule has 1 rings (SSSR count). The standard InChI is InChI=1S/C23H45N2O/c1-4-6-7-8-9-10-11-12-13-14-15-16-17-18-19-23-24-20-21-25(23,5-2)22(3)26/h4,6,20,22-23,26H,5,7-19,21H2,1-3H3/q+1/b6-4+. The smallest absolute Gasteiger partial charge is 0.189 e. The van der Waals surface area contributed by atoms with Crippen LogP contribution in [0.1, 0.15) is 104 Å². The number of allylic oxidation sites excluding steroid dienone is 2. The lowest BCUT2D eigenvalue weighted by molar-refractivity contribution is -0.976. The molecule has 152 valence electrons. The highest BCUT2D eigenvalue weighted by atomic mass is 16.3. The molecule has 0 radical (unpaired) electrons. The van der Waals surface area contributed by atoms with Crippen LogP contribution in [0.3, 0.4) is 0 Å². The van der Waals surface area contributed by atoms with Gasteiger partial charge in [0.2, 0.25) is 0 Å². The number of hydrogen-bond acceptors (Lipinski definition) is 2. The summed E-state index contributed by atoms with van der Waals surface area (Å²) in [6.45, 7) is 8.08. The Morgan fingerprint density at radius 2 is 1.54 bits per heavy atom. The molecule has 0 fully saturated rings. The largest absolute Gasteiger partial charge is 0.345 e. The molecule has 0 aromatic carbocycles. The Labute approximate surface area is 163 Å². The molecule has 26 heavy (non-hydrogen) atoms. The van der Waals surface area contributed by atoms with E-state index in [9.17, 15) is 5.11 Å². The highest BCUT2D eigenvalue weighted by molar-refractivity contribution is 5.60. The van der Waals surface area contributed by atoms with Crippen molar-refractivity contribution in [2.75, 3.05) is 13.1 Å². The summed E-state index contributed by atoms with van der Waals surface area (Å²) in [7, 11) is 0. The quantitative estimate of drug-likeness (QED) is 0.196. The Morgan fingerprint density at radius 1 is 1.00 bits per heavy atom. The molecule has 1 aliphatic rings. The van der Waals surface area contributed by atoms with E-state index >= 15 is 0 Å². The van der Waals surface area contributed by atoms with Gasteiger partial charge >= 0.3 is 0 Å². The Morgan fingerprint density at radius 3 is 2.04 bits per heavy atom. The molecule has 0 spiro atoms. The molecule has 3 atom stereocenters. The Bertz CT molecular complexity index is 392. The first-order valence-electron chi connectivity index (χ1n) is 11.3. The van der Waals surface area contributed by atoms with Gasteiger partial charge in [0, 0.05) is 13.3 Å². The highest BCUT2D eigenvalue weighted by Gasteiger charge is 2.41. The number of quaternary nitrogens is 1. The summed E-state index contributed by atoms with van der Waals surface area (Å²) in [5.74, 6) is 0. The Kier molecular flexibility index (Phi) is 12.9. The molecule has 1 aliphatic heterocycles. The maximum Gasteiger partial charge on any atom is 0.189 e. The number of aliphatic hydroxyl groups excluding tert-OH is 1. The van der Waals surface area contributed by atoms with Crippen LogP contribution in [0.15, 0.2) is 17.1 Å². The minimum atomic E-state index is -0.310. The minimum Gasteiger partial charge on any atom is -0.345 e. The van der Waals surface area contributed by atoms with Crippen molar-refractivity contribution in [2.45, 2.75) is 117 Å². The molecular weight excluding hydrogens is 320 g/mol. The predicted molar refractivity (Wildman–Crippen MR) is 114 cm³/mol. The monoisotopic (exact) mass is 365 g/mol. The lowest BCUT2D eigenvalue weighted by atomic mass is 10.0. The van der Waals surface area contributed by atoms with Crippen molar-refractivity contribution in [3.63, 3.8) is 0 Å². The van der Waals surface area contributed by atoms with E-state index < -0.39 is 0 Å². The van der Waals surface area contributed by atoms with Gasteiger partial charge in [-0.15, -0.1) is 0 Å². The SMILES string of the molecule is C/C=C/CCCCCCCCCCCCCC1N=CC[N+]1(CC)C(C)O. The summed E-state index contributed by atoms with van der Waals surface area (Å²) < 4.78 is 0.745. The van der Waals surface area contributed by atoms with Crippen LogP contribution in [-0.4, -0.2) is 41.3 Å². The molecule has 0 saturated carbocycles. The number of hydrogen-bond donors (Lipinski definition) is 1. The summed E-state index contributed by atoms with van der Waals surface area (Å²) in [5, 5.41) is 10.2. The van der Waals surface area contributed by atoms with Crippen molar-refractivity contribution < 1.29 is 9.59 Å². The molecule has 0 aromatic heterocycles. The molecular formula is C23H45N2O+. The minimum absolute atomic E-state index is 0.285. The molecule has 0 saturated heterocycles. The van der Waals surface area contributed by atoms with Crippen LogP contribution in [-0.2, 0) is 0 Å². The molecule has 0 amide bonds. The highest BCUT2D eigenvalue weighted by Crippen LogP contribution is 2.26. The molecule has 0 bridgehead atoms. The van der Waals surface area contributed by atoms with Gasteiger partial charge in [0.1, 0.15) is 6.54 Å². The van der Waals surface area contributed by atoms with Gasteiger partial charge in [-0.25, -0.2) is 4.99 Å². The molecule has 3 heteroatoms. The van der Waals surface area contributed by atoms with E-state index in [0.717, 1.165) is 24.0 Å². The van der Waals surface area contributed by atoms with Crippen LogP contribution in [0, 0.1) is 0 Å². The van der Waals surface area contributed by atoms with Crippen LogP contribution < -0.4 is 0 Å². The van der Waals surface area contributed by atoms with Crippen molar-refractivity contribution in [1.82, 2.24) is 0 Å². The number of rotatable bonds is 16. The van der Waals surface area contributed by atoms with E-state index in [0.29, 0.717) is 0 Å². The van der Waals surface area contributed by atoms with Gasteiger partial charge in [-0.2, -0.15) is 0 Å². The second kappa shape index (κ2) is 14.4. The Balaban J connectivity index is 1.93. The lowest BCUT2D eigenvalue weighted by Crippen LogP contribution is -2.57. The summed E-state index contributed by atoms with van der Waals surface area (Å²) in [6.07, 6.45) is 24.0. The third-order valence-electron chi connectivity index (χ3n) is 6.19. The van der Waals surface area contributed by atoms with Crippen LogP contribution in [0.2, 0.25) is 0 Å². The number of aliphatic imine (C=N–C) groups is 1. The topological polar surface area (TPSA) is 32.6 Å². The van der Waals surface area contributed by atoms with Gasteiger partial charge in [-0.3, -0.25) is 4.48 Å². The van der Waals surface area contributed by atoms with Crippen molar-refractivity contribution in [2.24, 2.45) is 4.99 Å². The molecule has 1 heterocycles. The van der Waals surface area contributed by atoms with Crippen molar-refractivity contribution in [3.05, 3.63) is 12.2 Å². The second-order valence-electron chi connectivity index (χ2n) is 8.08. The number of unbranched alkanes of at least 4 members (excludes halogenated alkanes) is 11. The zero-order chi connectivity index (χ0) is 19.1. The normalized spacial score (nSPS) is 23.9. The fourth-order valence-corrected chi connectivity index (χ4v) is 4.26. The van der Waals surface area contributed by atoms with Crippen LogP contribution in [0.25, 0.3) is 0 Å². The van der Waals surface area contributed by atoms with Crippen molar-refractivity contribution in [3.8, 4) is 0 Å². The lowest BCUT2D eigenvalue weighted by Gasteiger charge is -2.40. The fourth-order valence-electron chi connectivity index (χ4n) is 4.26. The average Bonchev–Trinajstić information content (AvgIpc) is 3.06. The van der Waals surface area contributed by atoms with E-state index in [1.54, 1.807) is 0 Å². The zero-order valence-electron chi connectivity index (χ0n) is 17.8. The van der Waals surface area contributed by atoms with E-state index in [2.05, 4.69) is 31.0 Å². The first-order chi connectivity index (χ1) is 12.7. The molecule has 0 aromatic rings.